The second kappa shape index (κ2) is 5.00. The molecule has 7 heteroatoms. The summed E-state index contributed by atoms with van der Waals surface area (Å²) >= 11 is 0. The summed E-state index contributed by atoms with van der Waals surface area (Å²) in [7, 11) is -1.71. The number of sulfonamides is 1. The highest BCUT2D eigenvalue weighted by Gasteiger charge is 2.29. The van der Waals surface area contributed by atoms with Crippen LogP contribution >= 0.6 is 0 Å². The normalized spacial score (nSPS) is 24.6. The fourth-order valence-corrected chi connectivity index (χ4v) is 3.51. The van der Waals surface area contributed by atoms with Gasteiger partial charge in [0.2, 0.25) is 10.0 Å². The summed E-state index contributed by atoms with van der Waals surface area (Å²) < 4.78 is 34.1. The molecule has 1 fully saturated rings. The summed E-state index contributed by atoms with van der Waals surface area (Å²) in [5, 5.41) is 0. The average Bonchev–Trinajstić information content (AvgIpc) is 2.86. The van der Waals surface area contributed by atoms with Gasteiger partial charge in [-0.15, -0.1) is 0 Å². The van der Waals surface area contributed by atoms with Gasteiger partial charge in [-0.3, -0.25) is 0 Å². The minimum atomic E-state index is -3.49. The zero-order valence-corrected chi connectivity index (χ0v) is 11.4. The molecule has 1 aliphatic heterocycles. The van der Waals surface area contributed by atoms with Crippen LogP contribution in [0.4, 0.5) is 0 Å². The van der Waals surface area contributed by atoms with E-state index in [-0.39, 0.29) is 17.0 Å². The number of ether oxygens (including phenoxy) is 1. The van der Waals surface area contributed by atoms with Crippen molar-refractivity contribution in [3.8, 4) is 0 Å². The van der Waals surface area contributed by atoms with E-state index in [1.807, 2.05) is 6.92 Å². The Bertz CT molecular complexity index is 524. The molecule has 2 atom stereocenters. The second-order valence-electron chi connectivity index (χ2n) is 4.57. The first-order valence-corrected chi connectivity index (χ1v) is 7.41. The zero-order valence-electron chi connectivity index (χ0n) is 10.6. The highest BCUT2D eigenvalue weighted by molar-refractivity contribution is 7.89. The molecule has 2 unspecified atom stereocenters. The number of nitrogens with one attached hydrogen (secondary N) is 1. The molecule has 1 aliphatic rings. The van der Waals surface area contributed by atoms with Crippen molar-refractivity contribution in [1.29, 1.82) is 0 Å². The summed E-state index contributed by atoms with van der Waals surface area (Å²) in [5.74, 6) is 0. The first kappa shape index (κ1) is 13.5. The lowest BCUT2D eigenvalue weighted by Gasteiger charge is -2.15. The van der Waals surface area contributed by atoms with E-state index in [1.165, 1.54) is 0 Å². The Morgan fingerprint density at radius 1 is 1.61 bits per heavy atom. The summed E-state index contributed by atoms with van der Waals surface area (Å²) in [6, 6.07) is 1.44. The van der Waals surface area contributed by atoms with E-state index < -0.39 is 10.0 Å². The number of nitrogens with two attached hydrogens (primary N) is 1. The van der Waals surface area contributed by atoms with Crippen LogP contribution in [-0.2, 0) is 28.4 Å². The molecule has 2 heterocycles. The molecule has 0 aromatic carbocycles. The SMILES string of the molecule is CC1OCCC1NS(=O)(=O)c1cc(CN)n(C)c1. The van der Waals surface area contributed by atoms with Gasteiger partial charge in [0, 0.05) is 32.1 Å². The molecular weight excluding hydrogens is 254 g/mol. The fraction of sp³-hybridized carbons (Fsp3) is 0.636. The van der Waals surface area contributed by atoms with Crippen molar-refractivity contribution in [2.45, 2.75) is 36.9 Å². The lowest BCUT2D eigenvalue weighted by molar-refractivity contribution is 0.117. The molecule has 18 heavy (non-hydrogen) atoms. The van der Waals surface area contributed by atoms with Crippen molar-refractivity contribution in [3.63, 3.8) is 0 Å². The van der Waals surface area contributed by atoms with Crippen molar-refractivity contribution in [1.82, 2.24) is 9.29 Å². The molecule has 0 amide bonds. The van der Waals surface area contributed by atoms with E-state index in [4.69, 9.17) is 10.5 Å². The van der Waals surface area contributed by atoms with Crippen molar-refractivity contribution >= 4 is 10.0 Å². The van der Waals surface area contributed by atoms with Gasteiger partial charge < -0.3 is 15.0 Å². The average molecular weight is 273 g/mol. The second-order valence-corrected chi connectivity index (χ2v) is 6.29. The van der Waals surface area contributed by atoms with Crippen LogP contribution in [0.1, 0.15) is 19.0 Å². The summed E-state index contributed by atoms with van der Waals surface area (Å²) in [6.07, 6.45) is 2.19. The monoisotopic (exact) mass is 273 g/mol. The Labute approximate surface area is 107 Å². The molecule has 102 valence electrons. The molecular formula is C11H19N3O3S. The van der Waals surface area contributed by atoms with Gasteiger partial charge in [-0.2, -0.15) is 0 Å². The van der Waals surface area contributed by atoms with Gasteiger partial charge in [-0.1, -0.05) is 0 Å². The third-order valence-electron chi connectivity index (χ3n) is 3.28. The fourth-order valence-electron chi connectivity index (χ4n) is 2.08. The minimum Gasteiger partial charge on any atom is -0.377 e. The smallest absolute Gasteiger partial charge is 0.242 e. The van der Waals surface area contributed by atoms with Crippen LogP contribution in [-0.4, -0.2) is 31.7 Å². The minimum absolute atomic E-state index is 0.0857. The first-order chi connectivity index (χ1) is 8.44. The van der Waals surface area contributed by atoms with Crippen LogP contribution in [0.5, 0.6) is 0 Å². The Hall–Kier alpha value is -0.890. The lowest BCUT2D eigenvalue weighted by atomic mass is 10.2. The van der Waals surface area contributed by atoms with Crippen LogP contribution in [0, 0.1) is 0 Å². The molecule has 0 radical (unpaired) electrons. The number of nitrogens with zero attached hydrogens (tertiary/aromatic N) is 1. The standard InChI is InChI=1S/C11H19N3O3S/c1-8-11(3-4-17-8)13-18(15,16)10-5-9(6-12)14(2)7-10/h5,7-8,11,13H,3-4,6,12H2,1-2H3. The Balaban J connectivity index is 2.19. The maximum Gasteiger partial charge on any atom is 0.242 e. The third-order valence-corrected chi connectivity index (χ3v) is 4.74. The first-order valence-electron chi connectivity index (χ1n) is 5.93. The molecule has 0 bridgehead atoms. The highest BCUT2D eigenvalue weighted by atomic mass is 32.2. The summed E-state index contributed by atoms with van der Waals surface area (Å²) in [4.78, 5) is 0.254. The van der Waals surface area contributed by atoms with Crippen LogP contribution in [0.3, 0.4) is 0 Å². The summed E-state index contributed by atoms with van der Waals surface area (Å²) in [6.45, 7) is 2.78. The van der Waals surface area contributed by atoms with E-state index in [1.54, 1.807) is 23.9 Å². The molecule has 3 N–H and O–H groups in total. The molecule has 1 saturated heterocycles. The van der Waals surface area contributed by atoms with Crippen molar-refractivity contribution in [3.05, 3.63) is 18.0 Å². The Morgan fingerprint density at radius 3 is 2.83 bits per heavy atom. The lowest BCUT2D eigenvalue weighted by Crippen LogP contribution is -2.38. The van der Waals surface area contributed by atoms with E-state index in [0.717, 1.165) is 5.69 Å². The zero-order chi connectivity index (χ0) is 13.3. The maximum atomic E-state index is 12.2. The van der Waals surface area contributed by atoms with Gasteiger partial charge in [-0.05, 0) is 19.4 Å². The Morgan fingerprint density at radius 2 is 2.33 bits per heavy atom. The maximum absolute atomic E-state index is 12.2. The third kappa shape index (κ3) is 2.59. The Kier molecular flexibility index (Phi) is 3.76. The number of aryl methyl sites for hydroxylation is 1. The van der Waals surface area contributed by atoms with Gasteiger partial charge in [0.05, 0.1) is 17.0 Å². The number of hydrogen-bond acceptors (Lipinski definition) is 4. The van der Waals surface area contributed by atoms with E-state index in [0.29, 0.717) is 19.6 Å². The van der Waals surface area contributed by atoms with Crippen LogP contribution in [0.2, 0.25) is 0 Å². The number of rotatable bonds is 4. The predicted molar refractivity (Wildman–Crippen MR) is 67.4 cm³/mol. The van der Waals surface area contributed by atoms with Gasteiger partial charge >= 0.3 is 0 Å². The molecule has 1 aromatic heterocycles. The topological polar surface area (TPSA) is 86.3 Å². The van der Waals surface area contributed by atoms with Crippen LogP contribution < -0.4 is 10.5 Å². The van der Waals surface area contributed by atoms with Gasteiger partial charge in [0.25, 0.3) is 0 Å². The van der Waals surface area contributed by atoms with E-state index in [2.05, 4.69) is 4.72 Å². The molecule has 0 aliphatic carbocycles. The molecule has 0 spiro atoms. The van der Waals surface area contributed by atoms with Gasteiger partial charge in [0.15, 0.2) is 0 Å². The van der Waals surface area contributed by atoms with Crippen molar-refractivity contribution in [2.24, 2.45) is 12.8 Å². The molecule has 6 nitrogen and oxygen atoms in total. The van der Waals surface area contributed by atoms with Crippen LogP contribution in [0.25, 0.3) is 0 Å². The van der Waals surface area contributed by atoms with Gasteiger partial charge in [0.1, 0.15) is 0 Å². The van der Waals surface area contributed by atoms with E-state index >= 15 is 0 Å². The van der Waals surface area contributed by atoms with Crippen molar-refractivity contribution < 1.29 is 13.2 Å². The largest absolute Gasteiger partial charge is 0.377 e. The van der Waals surface area contributed by atoms with E-state index in [9.17, 15) is 8.42 Å². The molecule has 1 aromatic rings. The highest BCUT2D eigenvalue weighted by Crippen LogP contribution is 2.18. The number of aromatic nitrogens is 1. The van der Waals surface area contributed by atoms with Gasteiger partial charge in [-0.25, -0.2) is 13.1 Å². The molecule has 2 rings (SSSR count). The van der Waals surface area contributed by atoms with Crippen molar-refractivity contribution in [2.75, 3.05) is 6.61 Å². The predicted octanol–water partition coefficient (Wildman–Crippen LogP) is -0.0605. The quantitative estimate of drug-likeness (QED) is 0.804. The number of hydrogen-bond donors (Lipinski definition) is 2. The van der Waals surface area contributed by atoms with Crippen LogP contribution in [0.15, 0.2) is 17.2 Å². The molecule has 0 saturated carbocycles. The summed E-state index contributed by atoms with van der Waals surface area (Å²) in [5.41, 5.74) is 6.32.